The third-order valence-corrected chi connectivity index (χ3v) is 5.46. The van der Waals surface area contributed by atoms with Crippen molar-refractivity contribution in [3.05, 3.63) is 15.6 Å². The molecule has 15 heavy (non-hydrogen) atoms. The van der Waals surface area contributed by atoms with Crippen LogP contribution in [0.3, 0.4) is 0 Å². The number of nitrogens with one attached hydrogen (secondary N) is 1. The molecule has 2 nitrogen and oxygen atoms in total. The van der Waals surface area contributed by atoms with Gasteiger partial charge in [0.25, 0.3) is 0 Å². The molecule has 0 spiro atoms. The average molecular weight is 242 g/mol. The third-order valence-electron chi connectivity index (χ3n) is 2.65. The summed E-state index contributed by atoms with van der Waals surface area (Å²) in [6.45, 7) is 6.29. The normalized spacial score (nSPS) is 21.1. The lowest BCUT2D eigenvalue weighted by Gasteiger charge is -2.01. The molecule has 1 atom stereocenters. The van der Waals surface area contributed by atoms with Gasteiger partial charge in [0.1, 0.15) is 5.01 Å². The molecular formula is C11H18N2S2. The van der Waals surface area contributed by atoms with Crippen LogP contribution in [-0.4, -0.2) is 17.3 Å². The van der Waals surface area contributed by atoms with Crippen LogP contribution in [0.4, 0.5) is 0 Å². The van der Waals surface area contributed by atoms with Crippen molar-refractivity contribution in [3.63, 3.8) is 0 Å². The topological polar surface area (TPSA) is 24.9 Å². The van der Waals surface area contributed by atoms with Crippen LogP contribution in [0.25, 0.3) is 0 Å². The molecule has 84 valence electrons. The van der Waals surface area contributed by atoms with Gasteiger partial charge in [0, 0.05) is 11.4 Å². The van der Waals surface area contributed by atoms with Gasteiger partial charge < -0.3 is 5.32 Å². The van der Waals surface area contributed by atoms with E-state index in [4.69, 9.17) is 4.98 Å². The van der Waals surface area contributed by atoms with Gasteiger partial charge >= 0.3 is 0 Å². The Kier molecular flexibility index (Phi) is 4.05. The van der Waals surface area contributed by atoms with Gasteiger partial charge in [-0.15, -0.1) is 11.3 Å². The van der Waals surface area contributed by atoms with Crippen LogP contribution >= 0.6 is 23.1 Å². The SMILES string of the molecule is CCNCc1sc(C2CCCS2)nc1C. The van der Waals surface area contributed by atoms with E-state index in [1.807, 2.05) is 11.3 Å². The maximum absolute atomic E-state index is 4.70. The van der Waals surface area contributed by atoms with Crippen LogP contribution in [-0.2, 0) is 6.54 Å². The molecular weight excluding hydrogens is 224 g/mol. The first-order valence-electron chi connectivity index (χ1n) is 5.59. The predicted molar refractivity (Wildman–Crippen MR) is 68.7 cm³/mol. The zero-order valence-corrected chi connectivity index (χ0v) is 11.0. The molecule has 1 saturated heterocycles. The molecule has 0 aliphatic carbocycles. The van der Waals surface area contributed by atoms with Gasteiger partial charge in [-0.25, -0.2) is 4.98 Å². The largest absolute Gasteiger partial charge is 0.312 e. The molecule has 0 bridgehead atoms. The minimum atomic E-state index is 0.684. The van der Waals surface area contributed by atoms with Crippen LogP contribution in [0.2, 0.25) is 0 Å². The highest BCUT2D eigenvalue weighted by Crippen LogP contribution is 2.41. The zero-order valence-electron chi connectivity index (χ0n) is 9.38. The first-order chi connectivity index (χ1) is 7.31. The van der Waals surface area contributed by atoms with Gasteiger partial charge in [0.2, 0.25) is 0 Å². The van der Waals surface area contributed by atoms with Gasteiger partial charge in [0.05, 0.1) is 10.9 Å². The Labute approximate surface area is 99.9 Å². The summed E-state index contributed by atoms with van der Waals surface area (Å²) in [5.41, 5.74) is 1.23. The molecule has 0 saturated carbocycles. The van der Waals surface area contributed by atoms with Crippen molar-refractivity contribution >= 4 is 23.1 Å². The van der Waals surface area contributed by atoms with E-state index in [9.17, 15) is 0 Å². The number of thiazole rings is 1. The fourth-order valence-corrected chi connectivity index (χ4v) is 4.31. The van der Waals surface area contributed by atoms with E-state index in [0.29, 0.717) is 5.25 Å². The monoisotopic (exact) mass is 242 g/mol. The summed E-state index contributed by atoms with van der Waals surface area (Å²) >= 11 is 3.97. The number of nitrogens with zero attached hydrogens (tertiary/aromatic N) is 1. The van der Waals surface area contributed by atoms with E-state index >= 15 is 0 Å². The van der Waals surface area contributed by atoms with Crippen molar-refractivity contribution in [2.24, 2.45) is 0 Å². The molecule has 1 aromatic rings. The summed E-state index contributed by atoms with van der Waals surface area (Å²) in [5, 5.41) is 5.41. The highest BCUT2D eigenvalue weighted by Gasteiger charge is 2.21. The summed E-state index contributed by atoms with van der Waals surface area (Å²) in [4.78, 5) is 6.12. The lowest BCUT2D eigenvalue weighted by Crippen LogP contribution is -2.11. The van der Waals surface area contributed by atoms with Crippen molar-refractivity contribution in [2.45, 2.75) is 38.5 Å². The number of rotatable bonds is 4. The van der Waals surface area contributed by atoms with Gasteiger partial charge in [-0.2, -0.15) is 11.8 Å². The maximum atomic E-state index is 4.70. The average Bonchev–Trinajstić information content (AvgIpc) is 2.83. The van der Waals surface area contributed by atoms with E-state index in [2.05, 4.69) is 30.9 Å². The number of aromatic nitrogens is 1. The van der Waals surface area contributed by atoms with E-state index < -0.39 is 0 Å². The first kappa shape index (κ1) is 11.4. The molecule has 1 aromatic heterocycles. The molecule has 0 amide bonds. The second-order valence-corrected chi connectivity index (χ2v) is 6.27. The summed E-state index contributed by atoms with van der Waals surface area (Å²) in [7, 11) is 0. The minimum Gasteiger partial charge on any atom is -0.312 e. The second-order valence-electron chi connectivity index (χ2n) is 3.84. The fourth-order valence-electron chi connectivity index (χ4n) is 1.76. The van der Waals surface area contributed by atoms with Crippen LogP contribution in [0.15, 0.2) is 0 Å². The molecule has 1 N–H and O–H groups in total. The Morgan fingerprint density at radius 1 is 1.53 bits per heavy atom. The summed E-state index contributed by atoms with van der Waals surface area (Å²) < 4.78 is 0. The van der Waals surface area contributed by atoms with Gasteiger partial charge in [-0.1, -0.05) is 6.92 Å². The van der Waals surface area contributed by atoms with Crippen LogP contribution in [0.5, 0.6) is 0 Å². The minimum absolute atomic E-state index is 0.684. The van der Waals surface area contributed by atoms with Crippen LogP contribution in [0, 0.1) is 6.92 Å². The Morgan fingerprint density at radius 3 is 3.07 bits per heavy atom. The van der Waals surface area contributed by atoms with Crippen molar-refractivity contribution in [2.75, 3.05) is 12.3 Å². The Hall–Kier alpha value is -0.0600. The highest BCUT2D eigenvalue weighted by atomic mass is 32.2. The standard InChI is InChI=1S/C11H18N2S2/c1-3-12-7-10-8(2)13-11(15-10)9-5-4-6-14-9/h9,12H,3-7H2,1-2H3. The molecule has 1 aliphatic heterocycles. The molecule has 0 aromatic carbocycles. The third kappa shape index (κ3) is 2.74. The summed E-state index contributed by atoms with van der Waals surface area (Å²) in [5.74, 6) is 1.31. The Morgan fingerprint density at radius 2 is 2.40 bits per heavy atom. The quantitative estimate of drug-likeness (QED) is 0.878. The van der Waals surface area contributed by atoms with Gasteiger partial charge in [-0.05, 0) is 32.1 Å². The van der Waals surface area contributed by atoms with E-state index in [1.54, 1.807) is 0 Å². The smallest absolute Gasteiger partial charge is 0.106 e. The molecule has 1 fully saturated rings. The van der Waals surface area contributed by atoms with Crippen molar-refractivity contribution in [1.29, 1.82) is 0 Å². The second kappa shape index (κ2) is 5.32. The van der Waals surface area contributed by atoms with E-state index in [0.717, 1.165) is 13.1 Å². The molecule has 2 rings (SSSR count). The lowest BCUT2D eigenvalue weighted by atomic mass is 10.2. The Bertz CT molecular complexity index is 316. The van der Waals surface area contributed by atoms with Gasteiger partial charge in [-0.3, -0.25) is 0 Å². The Balaban J connectivity index is 2.06. The van der Waals surface area contributed by atoms with Crippen LogP contribution < -0.4 is 5.32 Å². The van der Waals surface area contributed by atoms with Crippen molar-refractivity contribution < 1.29 is 0 Å². The highest BCUT2D eigenvalue weighted by molar-refractivity contribution is 7.99. The lowest BCUT2D eigenvalue weighted by molar-refractivity contribution is 0.730. The first-order valence-corrected chi connectivity index (χ1v) is 7.46. The van der Waals surface area contributed by atoms with Crippen molar-refractivity contribution in [1.82, 2.24) is 10.3 Å². The molecule has 1 unspecified atom stereocenters. The number of aryl methyl sites for hydroxylation is 1. The predicted octanol–water partition coefficient (Wildman–Crippen LogP) is 3.13. The fraction of sp³-hybridized carbons (Fsp3) is 0.727. The number of hydrogen-bond donors (Lipinski definition) is 1. The maximum Gasteiger partial charge on any atom is 0.106 e. The summed E-state index contributed by atoms with van der Waals surface area (Å²) in [6, 6.07) is 0. The van der Waals surface area contributed by atoms with E-state index in [1.165, 1.54) is 34.2 Å². The number of hydrogen-bond acceptors (Lipinski definition) is 4. The molecule has 4 heteroatoms. The van der Waals surface area contributed by atoms with Crippen molar-refractivity contribution in [3.8, 4) is 0 Å². The summed E-state index contributed by atoms with van der Waals surface area (Å²) in [6.07, 6.45) is 2.68. The van der Waals surface area contributed by atoms with Gasteiger partial charge in [0.15, 0.2) is 0 Å². The molecule has 1 aliphatic rings. The number of thioether (sulfide) groups is 1. The van der Waals surface area contributed by atoms with E-state index in [-0.39, 0.29) is 0 Å². The van der Waals surface area contributed by atoms with Crippen LogP contribution in [0.1, 0.15) is 40.6 Å². The zero-order chi connectivity index (χ0) is 10.7. The molecule has 2 heterocycles. The molecule has 0 radical (unpaired) electrons.